The van der Waals surface area contributed by atoms with Gasteiger partial charge in [-0.2, -0.15) is 0 Å². The Morgan fingerprint density at radius 3 is 2.67 bits per heavy atom. The molecule has 2 aromatic heterocycles. The number of rotatable bonds is 6. The summed E-state index contributed by atoms with van der Waals surface area (Å²) in [6, 6.07) is 11.8. The van der Waals surface area contributed by atoms with Gasteiger partial charge in [0, 0.05) is 35.4 Å². The largest absolute Gasteiger partial charge is 0.421 e. The lowest BCUT2D eigenvalue weighted by molar-refractivity contribution is 0.438. The average Bonchev–Trinajstić information content (AvgIpc) is 3.45. The summed E-state index contributed by atoms with van der Waals surface area (Å²) in [5.41, 5.74) is 5.68. The topological polar surface area (TPSA) is 88.0 Å². The van der Waals surface area contributed by atoms with Gasteiger partial charge in [-0.25, -0.2) is 0 Å². The molecule has 3 aromatic rings. The summed E-state index contributed by atoms with van der Waals surface area (Å²) in [5.74, 6) is 1.47. The molecule has 0 bridgehead atoms. The monoisotopic (exact) mass is 399 g/mol. The quantitative estimate of drug-likeness (QED) is 0.590. The Morgan fingerprint density at radius 1 is 1.00 bits per heavy atom. The summed E-state index contributed by atoms with van der Waals surface area (Å²) in [6.45, 7) is 0.664. The fraction of sp³-hybridized carbons (Fsp3) is 0.375. The Bertz CT molecular complexity index is 1080. The van der Waals surface area contributed by atoms with Crippen molar-refractivity contribution in [3.63, 3.8) is 0 Å². The Kier molecular flexibility index (Phi) is 5.22. The minimum Gasteiger partial charge on any atom is -0.421 e. The number of benzene rings is 1. The molecule has 0 saturated heterocycles. The fourth-order valence-corrected chi connectivity index (χ4v) is 4.49. The smallest absolute Gasteiger partial charge is 0.247 e. The molecule has 6 heteroatoms. The molecule has 0 spiro atoms. The minimum absolute atomic E-state index is 0.323. The van der Waals surface area contributed by atoms with Crippen LogP contribution in [0, 0.1) is 11.3 Å². The highest BCUT2D eigenvalue weighted by atomic mass is 16.4. The van der Waals surface area contributed by atoms with Gasteiger partial charge in [0.15, 0.2) is 0 Å². The number of hydrogen-bond acceptors (Lipinski definition) is 6. The van der Waals surface area contributed by atoms with Gasteiger partial charge < -0.3 is 9.83 Å². The lowest BCUT2D eigenvalue weighted by Crippen LogP contribution is -2.22. The molecule has 1 aliphatic heterocycles. The molecular formula is C24H25N5O. The number of pyridine rings is 1. The van der Waals surface area contributed by atoms with E-state index in [2.05, 4.69) is 15.2 Å². The zero-order chi connectivity index (χ0) is 20.3. The van der Waals surface area contributed by atoms with Gasteiger partial charge in [-0.15, -0.1) is 10.2 Å². The molecule has 3 heterocycles. The Hall–Kier alpha value is -3.15. The van der Waals surface area contributed by atoms with E-state index in [-0.39, 0.29) is 0 Å². The number of nitrogens with zero attached hydrogens (tertiary/aromatic N) is 4. The molecule has 0 radical (unpaired) electrons. The van der Waals surface area contributed by atoms with Crippen LogP contribution in [0.4, 0.5) is 0 Å². The van der Waals surface area contributed by atoms with Crippen LogP contribution in [0.3, 0.4) is 0 Å². The predicted octanol–water partition coefficient (Wildman–Crippen LogP) is 5.02. The van der Waals surface area contributed by atoms with Crippen molar-refractivity contribution in [1.82, 2.24) is 15.2 Å². The summed E-state index contributed by atoms with van der Waals surface area (Å²) in [5, 5.41) is 17.2. The van der Waals surface area contributed by atoms with Gasteiger partial charge >= 0.3 is 0 Å². The van der Waals surface area contributed by atoms with E-state index in [4.69, 9.17) is 14.8 Å². The highest BCUT2D eigenvalue weighted by Crippen LogP contribution is 2.30. The lowest BCUT2D eigenvalue weighted by atomic mass is 9.83. The maximum Gasteiger partial charge on any atom is 0.247 e. The van der Waals surface area contributed by atoms with Gasteiger partial charge in [-0.3, -0.25) is 9.98 Å². The highest BCUT2D eigenvalue weighted by Gasteiger charge is 2.27. The maximum absolute atomic E-state index is 8.82. The molecule has 1 aliphatic carbocycles. The molecule has 1 fully saturated rings. The van der Waals surface area contributed by atoms with Crippen molar-refractivity contribution in [2.75, 3.05) is 0 Å². The first-order chi connectivity index (χ1) is 14.8. The van der Waals surface area contributed by atoms with E-state index in [1.54, 1.807) is 0 Å². The number of aromatic nitrogens is 3. The fourth-order valence-electron chi connectivity index (χ4n) is 4.49. The molecule has 0 atom stereocenters. The van der Waals surface area contributed by atoms with E-state index in [0.29, 0.717) is 42.8 Å². The van der Waals surface area contributed by atoms with Crippen molar-refractivity contribution in [2.24, 2.45) is 10.9 Å². The second-order valence-electron chi connectivity index (χ2n) is 8.07. The molecule has 0 amide bonds. The standard InChI is InChI=1S/C24H25N5O/c25-22(16-7-3-1-4-8-16)23-21-18(13-14-26-23)15-27-19(21)11-12-20-28-29-24(30-20)17-9-5-2-6-10-17/h2,5-6,9-10,13-14,16,25H,1,3-4,7-8,11-12,15H2. The van der Waals surface area contributed by atoms with E-state index in [0.717, 1.165) is 35.4 Å². The van der Waals surface area contributed by atoms with Gasteiger partial charge in [0.05, 0.1) is 18.0 Å². The van der Waals surface area contributed by atoms with Crippen molar-refractivity contribution in [3.8, 4) is 11.5 Å². The summed E-state index contributed by atoms with van der Waals surface area (Å²) in [7, 11) is 0. The summed E-state index contributed by atoms with van der Waals surface area (Å²) >= 11 is 0. The third-order valence-electron chi connectivity index (χ3n) is 6.10. The van der Waals surface area contributed by atoms with Gasteiger partial charge in [-0.05, 0) is 43.0 Å². The number of nitrogens with one attached hydrogen (secondary N) is 1. The first-order valence-corrected chi connectivity index (χ1v) is 10.8. The van der Waals surface area contributed by atoms with Crippen LogP contribution in [0.2, 0.25) is 0 Å². The third-order valence-corrected chi connectivity index (χ3v) is 6.10. The van der Waals surface area contributed by atoms with Crippen molar-refractivity contribution in [3.05, 3.63) is 65.3 Å². The van der Waals surface area contributed by atoms with Crippen LogP contribution in [0.15, 0.2) is 52.0 Å². The molecule has 1 aromatic carbocycles. The van der Waals surface area contributed by atoms with Crippen LogP contribution in [0.5, 0.6) is 0 Å². The SMILES string of the molecule is N=C(c1nccc2c1C(CCc1nnc(-c3ccccc3)o1)=NC2)C1CCCCC1. The normalized spacial score (nSPS) is 16.3. The van der Waals surface area contributed by atoms with Crippen LogP contribution in [-0.4, -0.2) is 26.6 Å². The van der Waals surface area contributed by atoms with Crippen molar-refractivity contribution in [2.45, 2.75) is 51.5 Å². The minimum atomic E-state index is 0.323. The average molecular weight is 399 g/mol. The van der Waals surface area contributed by atoms with Crippen LogP contribution in [-0.2, 0) is 13.0 Å². The Labute approximate surface area is 176 Å². The number of aryl methyl sites for hydroxylation is 1. The zero-order valence-corrected chi connectivity index (χ0v) is 17.0. The molecule has 5 rings (SSSR count). The molecule has 0 unspecified atom stereocenters. The maximum atomic E-state index is 8.82. The van der Waals surface area contributed by atoms with E-state index < -0.39 is 0 Å². The van der Waals surface area contributed by atoms with Gasteiger partial charge in [-0.1, -0.05) is 37.5 Å². The highest BCUT2D eigenvalue weighted by molar-refractivity contribution is 6.13. The van der Waals surface area contributed by atoms with Gasteiger partial charge in [0.1, 0.15) is 0 Å². The van der Waals surface area contributed by atoms with Crippen molar-refractivity contribution in [1.29, 1.82) is 5.41 Å². The molecule has 1 N–H and O–H groups in total. The molecule has 6 nitrogen and oxygen atoms in total. The number of fused-ring (bicyclic) bond motifs is 1. The summed E-state index contributed by atoms with van der Waals surface area (Å²) < 4.78 is 5.86. The van der Waals surface area contributed by atoms with Crippen LogP contribution >= 0.6 is 0 Å². The van der Waals surface area contributed by atoms with Crippen LogP contribution in [0.25, 0.3) is 11.5 Å². The zero-order valence-electron chi connectivity index (χ0n) is 17.0. The Balaban J connectivity index is 1.33. The Morgan fingerprint density at radius 2 is 1.83 bits per heavy atom. The third kappa shape index (κ3) is 3.70. The predicted molar refractivity (Wildman–Crippen MR) is 116 cm³/mol. The van der Waals surface area contributed by atoms with E-state index in [1.807, 2.05) is 42.6 Å². The molecular weight excluding hydrogens is 374 g/mol. The first kappa shape index (κ1) is 18.9. The van der Waals surface area contributed by atoms with E-state index in [9.17, 15) is 0 Å². The second-order valence-corrected chi connectivity index (χ2v) is 8.07. The summed E-state index contributed by atoms with van der Waals surface area (Å²) in [4.78, 5) is 9.38. The molecule has 2 aliphatic rings. The van der Waals surface area contributed by atoms with E-state index >= 15 is 0 Å². The molecule has 30 heavy (non-hydrogen) atoms. The van der Waals surface area contributed by atoms with Gasteiger partial charge in [0.2, 0.25) is 11.8 Å². The second kappa shape index (κ2) is 8.30. The molecule has 1 saturated carbocycles. The van der Waals surface area contributed by atoms with Crippen LogP contribution in [0.1, 0.15) is 61.2 Å². The van der Waals surface area contributed by atoms with Gasteiger partial charge in [0.25, 0.3) is 0 Å². The van der Waals surface area contributed by atoms with Crippen LogP contribution < -0.4 is 0 Å². The first-order valence-electron chi connectivity index (χ1n) is 10.8. The molecule has 152 valence electrons. The number of aliphatic imine (C=N–C) groups is 1. The number of hydrogen-bond donors (Lipinski definition) is 1. The van der Waals surface area contributed by atoms with E-state index in [1.165, 1.54) is 24.8 Å². The van der Waals surface area contributed by atoms with Crippen molar-refractivity contribution < 1.29 is 4.42 Å². The summed E-state index contributed by atoms with van der Waals surface area (Å²) in [6.07, 6.45) is 9.07. The lowest BCUT2D eigenvalue weighted by Gasteiger charge is -2.23. The van der Waals surface area contributed by atoms with Crippen molar-refractivity contribution >= 4 is 11.4 Å².